The van der Waals surface area contributed by atoms with E-state index in [1.54, 1.807) is 18.2 Å². The van der Waals surface area contributed by atoms with Gasteiger partial charge in [-0.15, -0.1) is 0 Å². The van der Waals surface area contributed by atoms with Crippen molar-refractivity contribution in [3.8, 4) is 0 Å². The van der Waals surface area contributed by atoms with Crippen LogP contribution in [0.1, 0.15) is 41.9 Å². The maximum Gasteiger partial charge on any atom is 0.307 e. The molecule has 9 heteroatoms. The number of halogens is 3. The Kier molecular flexibility index (Phi) is 6.59. The lowest BCUT2D eigenvalue weighted by Gasteiger charge is -2.28. The Morgan fingerprint density at radius 1 is 1.12 bits per heavy atom. The van der Waals surface area contributed by atoms with Crippen molar-refractivity contribution < 1.29 is 19.8 Å². The number of benzene rings is 2. The number of hydrogen-bond acceptors (Lipinski definition) is 4. The number of aliphatic carboxylic acids is 2. The minimum Gasteiger partial charge on any atom is -0.481 e. The first kappa shape index (κ1) is 23.2. The van der Waals surface area contributed by atoms with Crippen LogP contribution in [0.25, 0.3) is 0 Å². The fourth-order valence-electron chi connectivity index (χ4n) is 4.62. The van der Waals surface area contributed by atoms with Crippen LogP contribution in [-0.4, -0.2) is 35.2 Å². The van der Waals surface area contributed by atoms with E-state index in [2.05, 4.69) is 10.6 Å². The van der Waals surface area contributed by atoms with Gasteiger partial charge < -0.3 is 20.8 Å². The van der Waals surface area contributed by atoms with Crippen LogP contribution in [0.4, 0.5) is 5.69 Å². The van der Waals surface area contributed by atoms with Crippen molar-refractivity contribution in [3.05, 3.63) is 62.1 Å². The largest absolute Gasteiger partial charge is 0.481 e. The van der Waals surface area contributed by atoms with E-state index in [0.717, 1.165) is 35.2 Å². The topological polar surface area (TPSA) is 98.7 Å². The van der Waals surface area contributed by atoms with Crippen molar-refractivity contribution in [2.45, 2.75) is 37.1 Å². The molecule has 1 heterocycles. The lowest BCUT2D eigenvalue weighted by Crippen LogP contribution is -2.31. The van der Waals surface area contributed by atoms with Crippen molar-refractivity contribution in [1.29, 1.82) is 0 Å². The summed E-state index contributed by atoms with van der Waals surface area (Å²) < 4.78 is 0. The van der Waals surface area contributed by atoms with Crippen LogP contribution in [-0.2, 0) is 21.5 Å². The molecule has 32 heavy (non-hydrogen) atoms. The van der Waals surface area contributed by atoms with E-state index in [1.807, 2.05) is 12.1 Å². The molecule has 170 valence electrons. The number of rotatable bonds is 7. The average Bonchev–Trinajstić information content (AvgIpc) is 3.51. The SMILES string of the molecule is O=C(O)CC(C(=O)O)C1CNCCc2c1ccc(Cl)c2NC1(c2ccc(Cl)cc2Cl)CC1. The molecule has 1 aliphatic heterocycles. The standard InChI is InChI=1S/C23H23Cl3N2O4/c24-12-1-3-17(19(26)9-12)23(6-7-23)28-21-14-5-8-27-11-16(13(14)2-4-18(21)25)15(22(31)32)10-20(29)30/h1-4,9,15-16,27-28H,5-8,10-11H2,(H,29,30)(H,31,32). The molecule has 0 spiro atoms. The summed E-state index contributed by atoms with van der Waals surface area (Å²) >= 11 is 19.2. The van der Waals surface area contributed by atoms with E-state index in [4.69, 9.17) is 34.8 Å². The van der Waals surface area contributed by atoms with Crippen molar-refractivity contribution in [2.75, 3.05) is 18.4 Å². The average molecular weight is 498 g/mol. The minimum absolute atomic E-state index is 0.372. The van der Waals surface area contributed by atoms with Gasteiger partial charge in [0.05, 0.1) is 28.6 Å². The molecule has 1 fully saturated rings. The molecule has 2 aromatic carbocycles. The summed E-state index contributed by atoms with van der Waals surface area (Å²) in [6.45, 7) is 1.01. The van der Waals surface area contributed by atoms with Gasteiger partial charge in [0.15, 0.2) is 0 Å². The fourth-order valence-corrected chi connectivity index (χ4v) is 5.43. The van der Waals surface area contributed by atoms with Crippen LogP contribution >= 0.6 is 34.8 Å². The van der Waals surface area contributed by atoms with Crippen LogP contribution in [0.15, 0.2) is 30.3 Å². The van der Waals surface area contributed by atoms with Crippen molar-refractivity contribution in [2.24, 2.45) is 5.92 Å². The van der Waals surface area contributed by atoms with Crippen LogP contribution in [0, 0.1) is 5.92 Å². The predicted molar refractivity (Wildman–Crippen MR) is 125 cm³/mol. The minimum atomic E-state index is -1.13. The fraction of sp³-hybridized carbons (Fsp3) is 0.391. The number of carboxylic acids is 2. The van der Waals surface area contributed by atoms with Crippen LogP contribution in [0.2, 0.25) is 15.1 Å². The summed E-state index contributed by atoms with van der Waals surface area (Å²) in [6.07, 6.45) is 1.93. The summed E-state index contributed by atoms with van der Waals surface area (Å²) in [5.74, 6) is -3.80. The van der Waals surface area contributed by atoms with E-state index in [9.17, 15) is 19.8 Å². The van der Waals surface area contributed by atoms with Gasteiger partial charge in [-0.25, -0.2) is 0 Å². The van der Waals surface area contributed by atoms with Gasteiger partial charge in [0.1, 0.15) is 0 Å². The highest BCUT2D eigenvalue weighted by Gasteiger charge is 2.46. The summed E-state index contributed by atoms with van der Waals surface area (Å²) in [5, 5.41) is 27.6. The molecule has 1 saturated carbocycles. The molecule has 6 nitrogen and oxygen atoms in total. The number of hydrogen-bond donors (Lipinski definition) is 4. The zero-order valence-corrected chi connectivity index (χ0v) is 19.4. The maximum atomic E-state index is 11.9. The Morgan fingerprint density at radius 2 is 1.88 bits per heavy atom. The van der Waals surface area contributed by atoms with Gasteiger partial charge in [-0.2, -0.15) is 0 Å². The zero-order valence-electron chi connectivity index (χ0n) is 17.1. The first-order valence-corrected chi connectivity index (χ1v) is 11.6. The number of nitrogens with one attached hydrogen (secondary N) is 2. The first-order chi connectivity index (χ1) is 15.2. The van der Waals surface area contributed by atoms with Crippen molar-refractivity contribution in [1.82, 2.24) is 5.32 Å². The van der Waals surface area contributed by atoms with E-state index in [-0.39, 0.29) is 5.54 Å². The summed E-state index contributed by atoms with van der Waals surface area (Å²) in [5.41, 5.74) is 3.05. The highest BCUT2D eigenvalue weighted by molar-refractivity contribution is 6.35. The molecular formula is C23H23Cl3N2O4. The molecule has 2 aromatic rings. The normalized spacial score (nSPS) is 20.0. The monoisotopic (exact) mass is 496 g/mol. The third-order valence-electron chi connectivity index (χ3n) is 6.37. The molecule has 0 amide bonds. The molecule has 2 aliphatic rings. The summed E-state index contributed by atoms with van der Waals surface area (Å²) in [4.78, 5) is 23.3. The van der Waals surface area contributed by atoms with Crippen molar-refractivity contribution in [3.63, 3.8) is 0 Å². The van der Waals surface area contributed by atoms with E-state index >= 15 is 0 Å². The molecule has 2 unspecified atom stereocenters. The zero-order chi connectivity index (χ0) is 23.0. The highest BCUT2D eigenvalue weighted by atomic mass is 35.5. The molecule has 1 aliphatic carbocycles. The molecule has 0 saturated heterocycles. The Balaban J connectivity index is 1.75. The number of carboxylic acid groups (broad SMARTS) is 2. The van der Waals surface area contributed by atoms with Crippen LogP contribution in [0.5, 0.6) is 0 Å². The number of anilines is 1. The first-order valence-electron chi connectivity index (χ1n) is 10.4. The Hall–Kier alpha value is -1.99. The number of carbonyl (C=O) groups is 2. The second kappa shape index (κ2) is 9.10. The molecule has 0 radical (unpaired) electrons. The van der Waals surface area contributed by atoms with E-state index in [0.29, 0.717) is 34.6 Å². The highest BCUT2D eigenvalue weighted by Crippen LogP contribution is 2.52. The van der Waals surface area contributed by atoms with Gasteiger partial charge in [-0.05, 0) is 60.7 Å². The molecule has 2 atom stereocenters. The Labute approximate surface area is 200 Å². The summed E-state index contributed by atoms with van der Waals surface area (Å²) in [7, 11) is 0. The van der Waals surface area contributed by atoms with Gasteiger partial charge in [0.2, 0.25) is 0 Å². The number of fused-ring (bicyclic) bond motifs is 1. The quantitative estimate of drug-likeness (QED) is 0.422. The lowest BCUT2D eigenvalue weighted by molar-refractivity contribution is -0.149. The molecule has 4 rings (SSSR count). The smallest absolute Gasteiger partial charge is 0.307 e. The van der Waals surface area contributed by atoms with Gasteiger partial charge in [-0.3, -0.25) is 9.59 Å². The van der Waals surface area contributed by atoms with Gasteiger partial charge >= 0.3 is 11.9 Å². The van der Waals surface area contributed by atoms with Gasteiger partial charge in [0.25, 0.3) is 0 Å². The maximum absolute atomic E-state index is 11.9. The molecule has 4 N–H and O–H groups in total. The Morgan fingerprint density at radius 3 is 2.50 bits per heavy atom. The van der Waals surface area contributed by atoms with E-state index < -0.39 is 30.2 Å². The van der Waals surface area contributed by atoms with Gasteiger partial charge in [-0.1, -0.05) is 46.9 Å². The predicted octanol–water partition coefficient (Wildman–Crippen LogP) is 5.15. The summed E-state index contributed by atoms with van der Waals surface area (Å²) in [6, 6.07) is 9.02. The molecule has 0 bridgehead atoms. The molecule has 0 aromatic heterocycles. The second-order valence-corrected chi connectivity index (χ2v) is 9.68. The van der Waals surface area contributed by atoms with Crippen molar-refractivity contribution >= 4 is 52.4 Å². The lowest BCUT2D eigenvalue weighted by atomic mass is 9.81. The Bertz CT molecular complexity index is 1070. The second-order valence-electron chi connectivity index (χ2n) is 8.42. The van der Waals surface area contributed by atoms with E-state index in [1.165, 1.54) is 0 Å². The third-order valence-corrected chi connectivity index (χ3v) is 7.23. The molecular weight excluding hydrogens is 475 g/mol. The van der Waals surface area contributed by atoms with Crippen LogP contribution in [0.3, 0.4) is 0 Å². The van der Waals surface area contributed by atoms with Crippen LogP contribution < -0.4 is 10.6 Å². The third kappa shape index (κ3) is 4.55. The van der Waals surface area contributed by atoms with Gasteiger partial charge in [0, 0.05) is 22.5 Å².